The molecule has 0 aliphatic heterocycles. The van der Waals surface area contributed by atoms with Crippen molar-refractivity contribution in [1.29, 1.82) is 0 Å². The number of benzene rings is 1. The van der Waals surface area contributed by atoms with Crippen LogP contribution in [0.1, 0.15) is 43.0 Å². The Balaban J connectivity index is 2.09. The smallest absolute Gasteiger partial charge is 0.346 e. The lowest BCUT2D eigenvalue weighted by molar-refractivity contribution is -0.137. The fourth-order valence-electron chi connectivity index (χ4n) is 2.62. The Morgan fingerprint density at radius 2 is 2.04 bits per heavy atom. The molecule has 0 aliphatic carbocycles. The minimum atomic E-state index is -0.762. The van der Waals surface area contributed by atoms with Crippen molar-refractivity contribution in [3.8, 4) is 0 Å². The molecule has 6 heteroatoms. The lowest BCUT2D eigenvalue weighted by Crippen LogP contribution is -2.23. The topological polar surface area (TPSA) is 87.8 Å². The number of carbonyl (C=O) groups excluding carboxylic acids is 1. The molecule has 0 amide bonds. The Labute approximate surface area is 139 Å². The van der Waals surface area contributed by atoms with Gasteiger partial charge in [0, 0.05) is 36.7 Å². The van der Waals surface area contributed by atoms with Crippen molar-refractivity contribution in [1.82, 2.24) is 0 Å². The summed E-state index contributed by atoms with van der Waals surface area (Å²) < 4.78 is 5.21. The number of hydrogen-bond acceptors (Lipinski definition) is 5. The summed E-state index contributed by atoms with van der Waals surface area (Å²) >= 11 is 0. The van der Waals surface area contributed by atoms with E-state index in [1.54, 1.807) is 6.07 Å². The molecule has 0 fully saturated rings. The standard InChI is InChI=1S/C18H21NO5/c1-2-19(9-5-3-4-6-17(21)22)15-8-7-13-10-14(12-20)18(23)24-16(13)11-15/h7-8,10-12H,2-6,9H2,1H3,(H,21,22). The number of aliphatic carboxylic acids is 1. The molecule has 0 atom stereocenters. The molecular weight excluding hydrogens is 310 g/mol. The highest BCUT2D eigenvalue weighted by Gasteiger charge is 2.09. The van der Waals surface area contributed by atoms with Gasteiger partial charge < -0.3 is 14.4 Å². The number of hydrogen-bond donors (Lipinski definition) is 1. The van der Waals surface area contributed by atoms with Gasteiger partial charge in [0.2, 0.25) is 0 Å². The van der Waals surface area contributed by atoms with Crippen LogP contribution in [0.3, 0.4) is 0 Å². The van der Waals surface area contributed by atoms with Crippen molar-refractivity contribution in [2.75, 3.05) is 18.0 Å². The molecule has 0 saturated carbocycles. The van der Waals surface area contributed by atoms with Gasteiger partial charge in [-0.2, -0.15) is 0 Å². The minimum absolute atomic E-state index is 0.0148. The molecule has 24 heavy (non-hydrogen) atoms. The van der Waals surface area contributed by atoms with E-state index >= 15 is 0 Å². The largest absolute Gasteiger partial charge is 0.481 e. The Bertz CT molecular complexity index is 781. The van der Waals surface area contributed by atoms with E-state index in [1.807, 2.05) is 19.1 Å². The summed E-state index contributed by atoms with van der Waals surface area (Å²) in [5, 5.41) is 9.34. The van der Waals surface area contributed by atoms with Crippen LogP contribution in [0.25, 0.3) is 11.0 Å². The molecule has 0 saturated heterocycles. The molecule has 0 unspecified atom stereocenters. The molecule has 1 aromatic carbocycles. The van der Waals surface area contributed by atoms with Gasteiger partial charge in [0.25, 0.3) is 0 Å². The third kappa shape index (κ3) is 4.44. The Morgan fingerprint density at radius 3 is 2.71 bits per heavy atom. The molecule has 6 nitrogen and oxygen atoms in total. The average molecular weight is 331 g/mol. The third-order valence-corrected chi connectivity index (χ3v) is 3.94. The van der Waals surface area contributed by atoms with Crippen molar-refractivity contribution in [2.24, 2.45) is 0 Å². The summed E-state index contributed by atoms with van der Waals surface area (Å²) in [6.07, 6.45) is 3.12. The van der Waals surface area contributed by atoms with Gasteiger partial charge >= 0.3 is 11.6 Å². The van der Waals surface area contributed by atoms with E-state index in [0.717, 1.165) is 31.6 Å². The van der Waals surface area contributed by atoms with Crippen molar-refractivity contribution in [3.05, 3.63) is 40.2 Å². The first-order valence-electron chi connectivity index (χ1n) is 8.05. The zero-order valence-corrected chi connectivity index (χ0v) is 13.7. The Morgan fingerprint density at radius 1 is 1.25 bits per heavy atom. The number of carbonyl (C=O) groups is 2. The summed E-state index contributed by atoms with van der Waals surface area (Å²) in [5.41, 5.74) is 0.769. The number of carboxylic acids is 1. The second-order valence-corrected chi connectivity index (χ2v) is 5.61. The monoisotopic (exact) mass is 331 g/mol. The van der Waals surface area contributed by atoms with Crippen LogP contribution < -0.4 is 10.5 Å². The number of rotatable bonds is 9. The van der Waals surface area contributed by atoms with Crippen LogP contribution in [-0.4, -0.2) is 30.5 Å². The van der Waals surface area contributed by atoms with E-state index in [4.69, 9.17) is 9.52 Å². The fraction of sp³-hybridized carbons (Fsp3) is 0.389. The van der Waals surface area contributed by atoms with Crippen molar-refractivity contribution >= 4 is 28.9 Å². The fourth-order valence-corrected chi connectivity index (χ4v) is 2.62. The molecule has 2 aromatic rings. The first kappa shape index (κ1) is 17.7. The number of aldehydes is 1. The van der Waals surface area contributed by atoms with Gasteiger partial charge in [-0.05, 0) is 38.0 Å². The van der Waals surface area contributed by atoms with Gasteiger partial charge in [0.1, 0.15) is 11.1 Å². The van der Waals surface area contributed by atoms with E-state index in [2.05, 4.69) is 4.90 Å². The zero-order valence-electron chi connectivity index (χ0n) is 13.7. The van der Waals surface area contributed by atoms with Gasteiger partial charge in [-0.15, -0.1) is 0 Å². The van der Waals surface area contributed by atoms with Crippen LogP contribution >= 0.6 is 0 Å². The lowest BCUT2D eigenvalue weighted by atomic mass is 10.1. The van der Waals surface area contributed by atoms with Gasteiger partial charge in [-0.3, -0.25) is 9.59 Å². The van der Waals surface area contributed by atoms with E-state index in [-0.39, 0.29) is 12.0 Å². The number of unbranched alkanes of at least 4 members (excludes halogenated alkanes) is 2. The van der Waals surface area contributed by atoms with E-state index in [1.165, 1.54) is 6.07 Å². The summed E-state index contributed by atoms with van der Waals surface area (Å²) in [6.45, 7) is 3.63. The summed E-state index contributed by atoms with van der Waals surface area (Å²) in [7, 11) is 0. The third-order valence-electron chi connectivity index (χ3n) is 3.94. The number of anilines is 1. The zero-order chi connectivity index (χ0) is 17.5. The Kier molecular flexibility index (Phi) is 6.12. The minimum Gasteiger partial charge on any atom is -0.481 e. The second kappa shape index (κ2) is 8.29. The predicted octanol–water partition coefficient (Wildman–Crippen LogP) is 3.08. The van der Waals surface area contributed by atoms with Gasteiger partial charge in [-0.25, -0.2) is 4.79 Å². The highest BCUT2D eigenvalue weighted by molar-refractivity contribution is 5.86. The molecule has 0 radical (unpaired) electrons. The van der Waals surface area contributed by atoms with Gasteiger partial charge in [0.15, 0.2) is 6.29 Å². The van der Waals surface area contributed by atoms with Crippen molar-refractivity contribution < 1.29 is 19.1 Å². The maximum Gasteiger partial charge on any atom is 0.346 e. The highest BCUT2D eigenvalue weighted by Crippen LogP contribution is 2.22. The molecule has 2 rings (SSSR count). The predicted molar refractivity (Wildman–Crippen MR) is 91.9 cm³/mol. The number of nitrogens with zero attached hydrogens (tertiary/aromatic N) is 1. The molecule has 0 spiro atoms. The summed E-state index contributed by atoms with van der Waals surface area (Å²) in [5.74, 6) is -0.762. The maximum absolute atomic E-state index is 11.7. The molecule has 1 N–H and O–H groups in total. The number of carboxylic acid groups (broad SMARTS) is 1. The molecular formula is C18H21NO5. The van der Waals surface area contributed by atoms with Crippen molar-refractivity contribution in [2.45, 2.75) is 32.6 Å². The first-order valence-corrected chi connectivity index (χ1v) is 8.05. The first-order chi connectivity index (χ1) is 11.5. The van der Waals surface area contributed by atoms with Gasteiger partial charge in [-0.1, -0.05) is 6.42 Å². The normalized spacial score (nSPS) is 10.7. The van der Waals surface area contributed by atoms with Crippen LogP contribution in [0.15, 0.2) is 33.5 Å². The number of fused-ring (bicyclic) bond motifs is 1. The highest BCUT2D eigenvalue weighted by atomic mass is 16.4. The maximum atomic E-state index is 11.7. The van der Waals surface area contributed by atoms with Crippen molar-refractivity contribution in [3.63, 3.8) is 0 Å². The van der Waals surface area contributed by atoms with Crippen LogP contribution in [0.4, 0.5) is 5.69 Å². The summed E-state index contributed by atoms with van der Waals surface area (Å²) in [4.78, 5) is 35.1. The lowest BCUT2D eigenvalue weighted by Gasteiger charge is -2.23. The van der Waals surface area contributed by atoms with E-state index in [9.17, 15) is 14.4 Å². The Hall–Kier alpha value is -2.63. The molecule has 0 aliphatic rings. The van der Waals surface area contributed by atoms with E-state index < -0.39 is 11.6 Å². The van der Waals surface area contributed by atoms with Crippen LogP contribution in [0.5, 0.6) is 0 Å². The SMILES string of the molecule is CCN(CCCCCC(=O)O)c1ccc2cc(C=O)c(=O)oc2c1. The van der Waals surface area contributed by atoms with E-state index in [0.29, 0.717) is 23.7 Å². The quantitative estimate of drug-likeness (QED) is 0.431. The van der Waals surface area contributed by atoms with Gasteiger partial charge in [0.05, 0.1) is 0 Å². The molecule has 1 aromatic heterocycles. The molecule has 0 bridgehead atoms. The van der Waals surface area contributed by atoms with Crippen LogP contribution in [0, 0.1) is 0 Å². The second-order valence-electron chi connectivity index (χ2n) is 5.61. The average Bonchev–Trinajstić information content (AvgIpc) is 2.56. The van der Waals surface area contributed by atoms with Crippen LogP contribution in [0.2, 0.25) is 0 Å². The molecule has 1 heterocycles. The summed E-state index contributed by atoms with van der Waals surface area (Å²) in [6, 6.07) is 7.08. The molecule has 128 valence electrons. The van der Waals surface area contributed by atoms with Crippen LogP contribution in [-0.2, 0) is 4.79 Å².